The highest BCUT2D eigenvalue weighted by atomic mass is 35.5. The molecule has 0 bridgehead atoms. The van der Waals surface area contributed by atoms with Gasteiger partial charge in [0, 0.05) is 34.5 Å². The van der Waals surface area contributed by atoms with Crippen LogP contribution >= 0.6 is 23.4 Å². The molecule has 1 aliphatic rings. The molecule has 2 N–H and O–H groups in total. The molecule has 17 heavy (non-hydrogen) atoms. The predicted octanol–water partition coefficient (Wildman–Crippen LogP) is 2.59. The van der Waals surface area contributed by atoms with E-state index in [2.05, 4.69) is 15.7 Å². The Labute approximate surface area is 114 Å². The van der Waals surface area contributed by atoms with Crippen LogP contribution in [0.3, 0.4) is 0 Å². The zero-order valence-corrected chi connectivity index (χ0v) is 10.6. The van der Waals surface area contributed by atoms with Crippen LogP contribution in [0, 0.1) is 0 Å². The van der Waals surface area contributed by atoms with Crippen molar-refractivity contribution < 1.29 is 4.11 Å². The second-order valence-electron chi connectivity index (χ2n) is 3.21. The van der Waals surface area contributed by atoms with Gasteiger partial charge in [0.25, 0.3) is 0 Å². The third-order valence-electron chi connectivity index (χ3n) is 2.09. The molecule has 2 rings (SSSR count). The molecule has 6 heteroatoms. The summed E-state index contributed by atoms with van der Waals surface area (Å²) in [4.78, 5) is 5.22. The summed E-state index contributed by atoms with van der Waals surface area (Å²) in [6.07, 6.45) is 6.69. The number of anilines is 1. The van der Waals surface area contributed by atoms with Gasteiger partial charge in [0.15, 0.2) is 0 Å². The molecule has 0 spiro atoms. The van der Waals surface area contributed by atoms with Gasteiger partial charge >= 0.3 is 0 Å². The zero-order chi connectivity index (χ0) is 14.8. The molecule has 0 aliphatic carbocycles. The molecule has 4 nitrogen and oxygen atoms in total. The van der Waals surface area contributed by atoms with Gasteiger partial charge in [-0.15, -0.1) is 11.8 Å². The summed E-state index contributed by atoms with van der Waals surface area (Å²) < 4.78 is 21.9. The molecule has 0 radical (unpaired) electrons. The van der Waals surface area contributed by atoms with E-state index in [9.17, 15) is 0 Å². The van der Waals surface area contributed by atoms with Gasteiger partial charge in [-0.05, 0) is 18.4 Å². The van der Waals surface area contributed by atoms with E-state index in [4.69, 9.17) is 15.7 Å². The summed E-state index contributed by atoms with van der Waals surface area (Å²) in [6, 6.07) is 3.79. The first-order chi connectivity index (χ1) is 9.41. The van der Waals surface area contributed by atoms with E-state index in [1.807, 2.05) is 18.4 Å². The summed E-state index contributed by atoms with van der Waals surface area (Å²) in [6.45, 7) is -2.34. The number of nitrogens with zero attached hydrogens (tertiary/aromatic N) is 2. The van der Waals surface area contributed by atoms with Crippen molar-refractivity contribution in [2.75, 3.05) is 18.5 Å². The number of hydrogen-bond acceptors (Lipinski definition) is 5. The molecule has 90 valence electrons. The molecular weight excluding hydrogens is 256 g/mol. The standard InChI is InChI=1S/C11H13ClN4S/c1-16-10(12)6-8(7-14-16)15-11-9(17-2)4-3-5-13-11/h3-7,14H,1-2H3,(H,13,15)/i1D3. The highest BCUT2D eigenvalue weighted by Crippen LogP contribution is 2.24. The fourth-order valence-electron chi connectivity index (χ4n) is 1.29. The van der Waals surface area contributed by atoms with Crippen molar-refractivity contribution in [3.05, 3.63) is 41.5 Å². The number of pyridine rings is 1. The number of thioether (sulfide) groups is 1. The lowest BCUT2D eigenvalue weighted by atomic mass is 10.4. The SMILES string of the molecule is [2H]C([2H])([2H])N1NC=C(Nc2ncccc2SC)C=C1Cl. The maximum absolute atomic E-state index is 7.31. The Bertz CT molecular complexity index is 559. The highest BCUT2D eigenvalue weighted by Gasteiger charge is 2.09. The maximum atomic E-state index is 7.31. The Balaban J connectivity index is 2.15. The minimum atomic E-state index is -2.34. The fourth-order valence-corrected chi connectivity index (χ4v) is 1.97. The van der Waals surface area contributed by atoms with Gasteiger partial charge in [-0.1, -0.05) is 11.6 Å². The van der Waals surface area contributed by atoms with Crippen molar-refractivity contribution in [3.8, 4) is 0 Å². The van der Waals surface area contributed by atoms with Gasteiger partial charge < -0.3 is 10.7 Å². The van der Waals surface area contributed by atoms with E-state index in [-0.39, 0.29) is 5.16 Å². The van der Waals surface area contributed by atoms with Crippen molar-refractivity contribution in [1.82, 2.24) is 15.4 Å². The Morgan fingerprint density at radius 1 is 1.65 bits per heavy atom. The number of halogens is 1. The van der Waals surface area contributed by atoms with Crippen LogP contribution in [0.2, 0.25) is 0 Å². The van der Waals surface area contributed by atoms with Crippen LogP contribution in [0.25, 0.3) is 0 Å². The first kappa shape index (κ1) is 8.72. The average molecular weight is 272 g/mol. The Hall–Kier alpha value is -1.33. The monoisotopic (exact) mass is 271 g/mol. The quantitative estimate of drug-likeness (QED) is 0.653. The lowest BCUT2D eigenvalue weighted by Gasteiger charge is -2.23. The van der Waals surface area contributed by atoms with Crippen LogP contribution in [-0.2, 0) is 0 Å². The summed E-state index contributed by atoms with van der Waals surface area (Å²) in [5.74, 6) is 0.691. The molecule has 0 amide bonds. The largest absolute Gasteiger partial charge is 0.338 e. The van der Waals surface area contributed by atoms with E-state index in [1.54, 1.807) is 18.0 Å². The van der Waals surface area contributed by atoms with Crippen molar-refractivity contribution in [1.29, 1.82) is 0 Å². The van der Waals surface area contributed by atoms with E-state index < -0.39 is 6.98 Å². The summed E-state index contributed by atoms with van der Waals surface area (Å²) in [5.41, 5.74) is 3.26. The first-order valence-electron chi connectivity index (χ1n) is 6.31. The third kappa shape index (κ3) is 2.87. The normalized spacial score (nSPS) is 18.2. The van der Waals surface area contributed by atoms with Crippen LogP contribution in [-0.4, -0.2) is 23.2 Å². The van der Waals surface area contributed by atoms with Crippen molar-refractivity contribution in [2.45, 2.75) is 4.90 Å². The van der Waals surface area contributed by atoms with Crippen LogP contribution in [0.15, 0.2) is 46.4 Å². The van der Waals surface area contributed by atoms with E-state index in [1.165, 1.54) is 12.3 Å². The molecule has 0 saturated heterocycles. The lowest BCUT2D eigenvalue weighted by Crippen LogP contribution is -2.31. The van der Waals surface area contributed by atoms with Gasteiger partial charge in [0.1, 0.15) is 11.0 Å². The van der Waals surface area contributed by atoms with Gasteiger partial charge in [-0.25, -0.2) is 4.98 Å². The summed E-state index contributed by atoms with van der Waals surface area (Å²) in [5, 5.41) is 4.09. The smallest absolute Gasteiger partial charge is 0.144 e. The average Bonchev–Trinajstić information content (AvgIpc) is 2.38. The molecule has 0 atom stereocenters. The van der Waals surface area contributed by atoms with Gasteiger partial charge in [-0.2, -0.15) is 0 Å². The van der Waals surface area contributed by atoms with Crippen LogP contribution in [0.4, 0.5) is 5.82 Å². The molecule has 1 aromatic rings. The first-order valence-corrected chi connectivity index (χ1v) is 6.42. The molecule has 1 aromatic heterocycles. The van der Waals surface area contributed by atoms with Gasteiger partial charge in [0.05, 0.1) is 5.70 Å². The molecule has 0 unspecified atom stereocenters. The summed E-state index contributed by atoms with van der Waals surface area (Å²) in [7, 11) is 0. The second kappa shape index (κ2) is 5.33. The van der Waals surface area contributed by atoms with Gasteiger partial charge in [0.2, 0.25) is 0 Å². The summed E-state index contributed by atoms with van der Waals surface area (Å²) >= 11 is 7.52. The second-order valence-corrected chi connectivity index (χ2v) is 4.45. The number of allylic oxidation sites excluding steroid dienone is 1. The maximum Gasteiger partial charge on any atom is 0.144 e. The minimum absolute atomic E-state index is 0.0802. The van der Waals surface area contributed by atoms with Crippen molar-refractivity contribution in [2.24, 2.45) is 0 Å². The number of rotatable bonds is 3. The lowest BCUT2D eigenvalue weighted by molar-refractivity contribution is 0.368. The molecular formula is C11H13ClN4S. The molecule has 1 aliphatic heterocycles. The minimum Gasteiger partial charge on any atom is -0.338 e. The van der Waals surface area contributed by atoms with Crippen molar-refractivity contribution in [3.63, 3.8) is 0 Å². The van der Waals surface area contributed by atoms with Crippen LogP contribution in [0.5, 0.6) is 0 Å². The topological polar surface area (TPSA) is 40.2 Å². The van der Waals surface area contributed by atoms with Crippen LogP contribution < -0.4 is 10.7 Å². The van der Waals surface area contributed by atoms with Crippen molar-refractivity contribution >= 4 is 29.2 Å². The zero-order valence-electron chi connectivity index (χ0n) is 12.1. The predicted molar refractivity (Wildman–Crippen MR) is 72.6 cm³/mol. The molecule has 0 saturated carbocycles. The van der Waals surface area contributed by atoms with Crippen LogP contribution in [0.1, 0.15) is 4.11 Å². The Morgan fingerprint density at radius 2 is 2.53 bits per heavy atom. The third-order valence-corrected chi connectivity index (χ3v) is 3.14. The molecule has 2 heterocycles. The Kier molecular flexibility index (Phi) is 2.73. The fraction of sp³-hybridized carbons (Fsp3) is 0.182. The number of aromatic nitrogens is 1. The van der Waals surface area contributed by atoms with E-state index >= 15 is 0 Å². The number of hydrazine groups is 1. The van der Waals surface area contributed by atoms with Gasteiger partial charge in [-0.3, -0.25) is 5.01 Å². The Morgan fingerprint density at radius 3 is 3.24 bits per heavy atom. The molecule has 0 fully saturated rings. The number of hydrogen-bond donors (Lipinski definition) is 2. The van der Waals surface area contributed by atoms with E-state index in [0.717, 1.165) is 9.90 Å². The highest BCUT2D eigenvalue weighted by molar-refractivity contribution is 7.98. The van der Waals surface area contributed by atoms with E-state index in [0.29, 0.717) is 11.5 Å². The molecule has 0 aromatic carbocycles. The number of nitrogens with one attached hydrogen (secondary N) is 2.